The van der Waals surface area contributed by atoms with Crippen LogP contribution in [0.3, 0.4) is 0 Å². The molecule has 2 aromatic rings. The maximum atomic E-state index is 14.3. The fourth-order valence-corrected chi connectivity index (χ4v) is 2.84. The highest BCUT2D eigenvalue weighted by Crippen LogP contribution is 2.33. The third-order valence-corrected chi connectivity index (χ3v) is 4.35. The third kappa shape index (κ3) is 4.51. The van der Waals surface area contributed by atoms with Crippen LogP contribution in [-0.4, -0.2) is 32.6 Å². The predicted molar refractivity (Wildman–Crippen MR) is 104 cm³/mol. The molecule has 0 saturated carbocycles. The monoisotopic (exact) mass is 406 g/mol. The molecule has 0 N–H and O–H groups in total. The van der Waals surface area contributed by atoms with Crippen LogP contribution >= 0.6 is 11.6 Å². The van der Waals surface area contributed by atoms with E-state index in [4.69, 9.17) is 25.8 Å². The van der Waals surface area contributed by atoms with E-state index in [0.717, 1.165) is 0 Å². The van der Waals surface area contributed by atoms with E-state index in [-0.39, 0.29) is 34.9 Å². The Bertz CT molecular complexity index is 923. The van der Waals surface area contributed by atoms with E-state index in [9.17, 15) is 14.0 Å². The highest BCUT2D eigenvalue weighted by atomic mass is 35.5. The van der Waals surface area contributed by atoms with Crippen LogP contribution < -0.4 is 9.47 Å². The number of methoxy groups -OCH3 is 2. The van der Waals surface area contributed by atoms with E-state index in [1.165, 1.54) is 32.4 Å². The summed E-state index contributed by atoms with van der Waals surface area (Å²) in [5.41, 5.74) is 0.618. The molecule has 0 aliphatic carbocycles. The molecule has 0 saturated heterocycles. The first kappa shape index (κ1) is 21.4. The minimum Gasteiger partial charge on any atom is -0.496 e. The molecule has 2 rings (SSSR count). The first-order valence-corrected chi connectivity index (χ1v) is 8.80. The predicted octanol–water partition coefficient (Wildman–Crippen LogP) is 4.39. The molecular weight excluding hydrogens is 387 g/mol. The highest BCUT2D eigenvalue weighted by molar-refractivity contribution is 6.30. The van der Waals surface area contributed by atoms with Crippen LogP contribution in [0.5, 0.6) is 11.5 Å². The molecule has 2 aromatic carbocycles. The molecule has 0 bridgehead atoms. The van der Waals surface area contributed by atoms with Crippen molar-refractivity contribution in [1.82, 2.24) is 0 Å². The molecule has 5 nitrogen and oxygen atoms in total. The lowest BCUT2D eigenvalue weighted by Crippen LogP contribution is -2.16. The zero-order chi connectivity index (χ0) is 20.8. The molecular formula is C21H20ClFO5. The van der Waals surface area contributed by atoms with E-state index < -0.39 is 17.6 Å². The normalized spacial score (nSPS) is 10.3. The second kappa shape index (κ2) is 9.37. The fraction of sp³-hybridized carbons (Fsp3) is 0.238. The van der Waals surface area contributed by atoms with Gasteiger partial charge in [-0.15, -0.1) is 0 Å². The summed E-state index contributed by atoms with van der Waals surface area (Å²) in [7, 11) is 2.83. The molecule has 148 valence electrons. The summed E-state index contributed by atoms with van der Waals surface area (Å²) in [6, 6.07) is 7.66. The summed E-state index contributed by atoms with van der Waals surface area (Å²) in [5.74, 6) is -1.42. The van der Waals surface area contributed by atoms with Crippen LogP contribution in [0.25, 0.3) is 0 Å². The highest BCUT2D eigenvalue weighted by Gasteiger charge is 2.24. The zero-order valence-electron chi connectivity index (χ0n) is 15.8. The van der Waals surface area contributed by atoms with Gasteiger partial charge in [-0.2, -0.15) is 0 Å². The molecule has 0 atom stereocenters. The lowest BCUT2D eigenvalue weighted by molar-refractivity contribution is -0.138. The number of carbonyl (C=O) groups excluding carboxylic acids is 2. The van der Waals surface area contributed by atoms with E-state index in [0.29, 0.717) is 16.9 Å². The standard InChI is InChI=1S/C21H20ClFO5/c1-5-28-21(25)12(2)20(24)15-10-14(17(26-3)11-18(15)27-4)9-13-7-6-8-16(22)19(13)23/h6-8,10-11H,2,5,9H2,1,3-4H3. The number of ketones is 1. The number of hydrogen-bond acceptors (Lipinski definition) is 5. The lowest BCUT2D eigenvalue weighted by atomic mass is 9.96. The fourth-order valence-electron chi connectivity index (χ4n) is 2.64. The number of benzene rings is 2. The number of halogens is 2. The minimum absolute atomic E-state index is 0.00281. The Morgan fingerprint density at radius 2 is 1.79 bits per heavy atom. The molecule has 0 aliphatic rings. The summed E-state index contributed by atoms with van der Waals surface area (Å²) in [6.45, 7) is 5.26. The largest absolute Gasteiger partial charge is 0.496 e. The first-order chi connectivity index (χ1) is 13.3. The van der Waals surface area contributed by atoms with Gasteiger partial charge in [-0.05, 0) is 30.2 Å². The molecule has 0 fully saturated rings. The maximum Gasteiger partial charge on any atom is 0.341 e. The van der Waals surface area contributed by atoms with E-state index in [1.807, 2.05) is 0 Å². The van der Waals surface area contributed by atoms with Gasteiger partial charge >= 0.3 is 5.97 Å². The Kier molecular flexibility index (Phi) is 7.18. The molecule has 0 heterocycles. The Labute approximate surface area is 167 Å². The average Bonchev–Trinajstić information content (AvgIpc) is 2.70. The smallest absolute Gasteiger partial charge is 0.341 e. The molecule has 7 heteroatoms. The summed E-state index contributed by atoms with van der Waals surface area (Å²) < 4.78 is 29.7. The van der Waals surface area contributed by atoms with Crippen molar-refractivity contribution in [2.24, 2.45) is 0 Å². The van der Waals surface area contributed by atoms with Crippen molar-refractivity contribution in [3.05, 3.63) is 70.0 Å². The number of rotatable bonds is 8. The van der Waals surface area contributed by atoms with Gasteiger partial charge in [0.25, 0.3) is 0 Å². The van der Waals surface area contributed by atoms with E-state index in [2.05, 4.69) is 6.58 Å². The summed E-state index contributed by atoms with van der Waals surface area (Å²) in [5, 5.41) is -0.00281. The van der Waals surface area contributed by atoms with Crippen molar-refractivity contribution in [3.63, 3.8) is 0 Å². The Morgan fingerprint density at radius 3 is 2.39 bits per heavy atom. The van der Waals surface area contributed by atoms with Crippen LogP contribution in [0.15, 0.2) is 42.5 Å². The van der Waals surface area contributed by atoms with Gasteiger partial charge in [-0.3, -0.25) is 4.79 Å². The molecule has 0 aliphatic heterocycles. The van der Waals surface area contributed by atoms with Crippen LogP contribution in [-0.2, 0) is 16.0 Å². The SMILES string of the molecule is C=C(C(=O)OCC)C(=O)c1cc(Cc2cccc(Cl)c2F)c(OC)cc1OC. The van der Waals surface area contributed by atoms with E-state index >= 15 is 0 Å². The Balaban J connectivity index is 2.51. The number of Topliss-reactive ketones (excluding diaryl/α,β-unsaturated/α-hetero) is 1. The first-order valence-electron chi connectivity index (χ1n) is 8.42. The van der Waals surface area contributed by atoms with Crippen molar-refractivity contribution in [2.75, 3.05) is 20.8 Å². The van der Waals surface area contributed by atoms with Crippen molar-refractivity contribution in [2.45, 2.75) is 13.3 Å². The number of hydrogen-bond donors (Lipinski definition) is 0. The van der Waals surface area contributed by atoms with Gasteiger partial charge in [-0.25, -0.2) is 9.18 Å². The van der Waals surface area contributed by atoms with Gasteiger partial charge in [0, 0.05) is 12.5 Å². The quantitative estimate of drug-likeness (QED) is 0.214. The maximum absolute atomic E-state index is 14.3. The van der Waals surface area contributed by atoms with Gasteiger partial charge in [0.05, 0.1) is 31.4 Å². The van der Waals surface area contributed by atoms with Crippen molar-refractivity contribution in [1.29, 1.82) is 0 Å². The Hall–Kier alpha value is -2.86. The zero-order valence-corrected chi connectivity index (χ0v) is 16.6. The lowest BCUT2D eigenvalue weighted by Gasteiger charge is -2.15. The van der Waals surface area contributed by atoms with E-state index in [1.54, 1.807) is 19.1 Å². The topological polar surface area (TPSA) is 61.8 Å². The molecule has 0 unspecified atom stereocenters. The van der Waals surface area contributed by atoms with Gasteiger partial charge in [0.15, 0.2) is 0 Å². The molecule has 0 spiro atoms. The third-order valence-electron chi connectivity index (χ3n) is 4.06. The second-order valence-corrected chi connectivity index (χ2v) is 6.19. The minimum atomic E-state index is -0.812. The average molecular weight is 407 g/mol. The summed E-state index contributed by atoms with van der Waals surface area (Å²) in [6.07, 6.45) is 0.117. The van der Waals surface area contributed by atoms with Crippen LogP contribution in [0.1, 0.15) is 28.4 Å². The molecule has 0 aromatic heterocycles. The van der Waals surface area contributed by atoms with Crippen LogP contribution in [0.4, 0.5) is 4.39 Å². The van der Waals surface area contributed by atoms with Crippen LogP contribution in [0, 0.1) is 5.82 Å². The van der Waals surface area contributed by atoms with Crippen molar-refractivity contribution >= 4 is 23.4 Å². The van der Waals surface area contributed by atoms with Gasteiger partial charge < -0.3 is 14.2 Å². The second-order valence-electron chi connectivity index (χ2n) is 5.78. The number of esters is 1. The molecule has 0 radical (unpaired) electrons. The van der Waals surface area contributed by atoms with Gasteiger partial charge in [-0.1, -0.05) is 30.3 Å². The van der Waals surface area contributed by atoms with Crippen LogP contribution in [0.2, 0.25) is 5.02 Å². The number of carbonyl (C=O) groups is 2. The Morgan fingerprint density at radius 1 is 1.11 bits per heavy atom. The molecule has 28 heavy (non-hydrogen) atoms. The van der Waals surface area contributed by atoms with Gasteiger partial charge in [0.1, 0.15) is 22.9 Å². The van der Waals surface area contributed by atoms with Crippen molar-refractivity contribution < 1.29 is 28.2 Å². The summed E-state index contributed by atoms with van der Waals surface area (Å²) in [4.78, 5) is 24.6. The van der Waals surface area contributed by atoms with Crippen molar-refractivity contribution in [3.8, 4) is 11.5 Å². The molecule has 0 amide bonds. The number of ether oxygens (including phenoxy) is 3. The van der Waals surface area contributed by atoms with Gasteiger partial charge in [0.2, 0.25) is 5.78 Å². The summed E-state index contributed by atoms with van der Waals surface area (Å²) >= 11 is 5.85.